The molecule has 0 bridgehead atoms. The van der Waals surface area contributed by atoms with Crippen molar-refractivity contribution in [2.75, 3.05) is 0 Å². The quantitative estimate of drug-likeness (QED) is 0.735. The lowest BCUT2D eigenvalue weighted by Crippen LogP contribution is -2.42. The Hall–Kier alpha value is -1.06. The molecule has 0 aromatic rings. The number of nitrogens with one attached hydrogen (secondary N) is 1. The number of hydrogen-bond acceptors (Lipinski definition) is 2. The molecule has 4 heteroatoms. The molecular formula is C16H29NO3. The number of carboxylic acids is 1. The summed E-state index contributed by atoms with van der Waals surface area (Å²) in [6.07, 6.45) is 6.28. The van der Waals surface area contributed by atoms with Crippen molar-refractivity contribution in [1.29, 1.82) is 0 Å². The SMILES string of the molecule is CCC(NC(=O)CC1(C(=O)O)CCCCCC1)C(C)C. The molecule has 0 aliphatic heterocycles. The number of rotatable bonds is 6. The number of amides is 1. The molecule has 0 aromatic carbocycles. The Bertz CT molecular complexity index is 331. The first-order chi connectivity index (χ1) is 9.41. The van der Waals surface area contributed by atoms with Crippen molar-refractivity contribution in [2.45, 2.75) is 78.2 Å². The van der Waals surface area contributed by atoms with Gasteiger partial charge in [0.05, 0.1) is 5.41 Å². The Labute approximate surface area is 122 Å². The molecule has 0 radical (unpaired) electrons. The fraction of sp³-hybridized carbons (Fsp3) is 0.875. The highest BCUT2D eigenvalue weighted by Crippen LogP contribution is 2.38. The summed E-state index contributed by atoms with van der Waals surface area (Å²) in [6, 6.07) is 0.138. The van der Waals surface area contributed by atoms with Gasteiger partial charge in [0.15, 0.2) is 0 Å². The number of hydrogen-bond donors (Lipinski definition) is 2. The summed E-state index contributed by atoms with van der Waals surface area (Å²) in [5.41, 5.74) is -0.837. The number of carboxylic acid groups (broad SMARTS) is 1. The van der Waals surface area contributed by atoms with Gasteiger partial charge in [0.1, 0.15) is 0 Å². The van der Waals surface area contributed by atoms with E-state index < -0.39 is 11.4 Å². The van der Waals surface area contributed by atoms with Crippen molar-refractivity contribution in [3.8, 4) is 0 Å². The second kappa shape index (κ2) is 7.65. The van der Waals surface area contributed by atoms with Gasteiger partial charge in [-0.25, -0.2) is 0 Å². The lowest BCUT2D eigenvalue weighted by atomic mass is 9.77. The van der Waals surface area contributed by atoms with Crippen molar-refractivity contribution in [1.82, 2.24) is 5.32 Å². The molecule has 0 heterocycles. The van der Waals surface area contributed by atoms with Crippen LogP contribution in [0.5, 0.6) is 0 Å². The molecule has 1 atom stereocenters. The smallest absolute Gasteiger partial charge is 0.310 e. The Morgan fingerprint density at radius 2 is 1.70 bits per heavy atom. The summed E-state index contributed by atoms with van der Waals surface area (Å²) in [5.74, 6) is -0.527. The van der Waals surface area contributed by atoms with Gasteiger partial charge in [-0.3, -0.25) is 9.59 Å². The van der Waals surface area contributed by atoms with E-state index in [1.54, 1.807) is 0 Å². The van der Waals surface area contributed by atoms with Crippen LogP contribution in [-0.4, -0.2) is 23.0 Å². The Morgan fingerprint density at radius 3 is 2.10 bits per heavy atom. The Morgan fingerprint density at radius 1 is 1.15 bits per heavy atom. The van der Waals surface area contributed by atoms with Gasteiger partial charge in [-0.05, 0) is 25.2 Å². The first-order valence-corrected chi connectivity index (χ1v) is 7.94. The third-order valence-electron chi connectivity index (χ3n) is 4.60. The van der Waals surface area contributed by atoms with Crippen molar-refractivity contribution in [3.05, 3.63) is 0 Å². The van der Waals surface area contributed by atoms with Crippen LogP contribution >= 0.6 is 0 Å². The maximum absolute atomic E-state index is 12.2. The van der Waals surface area contributed by atoms with E-state index in [2.05, 4.69) is 19.2 Å². The van der Waals surface area contributed by atoms with E-state index >= 15 is 0 Å². The van der Waals surface area contributed by atoms with Crippen LogP contribution in [0.15, 0.2) is 0 Å². The summed E-state index contributed by atoms with van der Waals surface area (Å²) in [6.45, 7) is 6.20. The van der Waals surface area contributed by atoms with Crippen molar-refractivity contribution >= 4 is 11.9 Å². The predicted octanol–water partition coefficient (Wildman–Crippen LogP) is 3.35. The molecule has 1 aliphatic carbocycles. The van der Waals surface area contributed by atoms with E-state index in [-0.39, 0.29) is 18.4 Å². The van der Waals surface area contributed by atoms with Gasteiger partial charge >= 0.3 is 5.97 Å². The Kier molecular flexibility index (Phi) is 6.50. The van der Waals surface area contributed by atoms with E-state index in [0.29, 0.717) is 18.8 Å². The first-order valence-electron chi connectivity index (χ1n) is 7.94. The zero-order valence-electron chi connectivity index (χ0n) is 13.1. The standard InChI is InChI=1S/C16H29NO3/c1-4-13(12(2)3)17-14(18)11-16(15(19)20)9-7-5-6-8-10-16/h12-13H,4-11H2,1-3H3,(H,17,18)(H,19,20). The summed E-state index contributed by atoms with van der Waals surface area (Å²) in [7, 11) is 0. The minimum atomic E-state index is -0.837. The van der Waals surface area contributed by atoms with E-state index in [0.717, 1.165) is 32.1 Å². The maximum atomic E-state index is 12.2. The van der Waals surface area contributed by atoms with Gasteiger partial charge in [0.25, 0.3) is 0 Å². The molecule has 1 unspecified atom stereocenters. The number of carbonyl (C=O) groups excluding carboxylic acids is 1. The van der Waals surface area contributed by atoms with Crippen LogP contribution in [0.4, 0.5) is 0 Å². The van der Waals surface area contributed by atoms with Gasteiger partial charge in [0.2, 0.25) is 5.91 Å². The zero-order valence-corrected chi connectivity index (χ0v) is 13.1. The van der Waals surface area contributed by atoms with Crippen molar-refractivity contribution in [2.24, 2.45) is 11.3 Å². The van der Waals surface area contributed by atoms with E-state index in [1.807, 2.05) is 6.92 Å². The number of aliphatic carboxylic acids is 1. The maximum Gasteiger partial charge on any atom is 0.310 e. The lowest BCUT2D eigenvalue weighted by Gasteiger charge is -2.29. The highest BCUT2D eigenvalue weighted by molar-refractivity contribution is 5.85. The van der Waals surface area contributed by atoms with Gasteiger partial charge in [-0.15, -0.1) is 0 Å². The van der Waals surface area contributed by atoms with Crippen LogP contribution in [-0.2, 0) is 9.59 Å². The van der Waals surface area contributed by atoms with Crippen LogP contribution < -0.4 is 5.32 Å². The second-order valence-electron chi connectivity index (χ2n) is 6.50. The van der Waals surface area contributed by atoms with Crippen LogP contribution in [0, 0.1) is 11.3 Å². The van der Waals surface area contributed by atoms with Gasteiger partial charge in [-0.1, -0.05) is 46.5 Å². The van der Waals surface area contributed by atoms with Crippen LogP contribution in [0.3, 0.4) is 0 Å². The molecular weight excluding hydrogens is 254 g/mol. The average molecular weight is 283 g/mol. The average Bonchev–Trinajstić information content (AvgIpc) is 2.62. The summed E-state index contributed by atoms with van der Waals surface area (Å²) >= 11 is 0. The monoisotopic (exact) mass is 283 g/mol. The highest BCUT2D eigenvalue weighted by Gasteiger charge is 2.40. The molecule has 20 heavy (non-hydrogen) atoms. The van der Waals surface area contributed by atoms with Gasteiger partial charge in [-0.2, -0.15) is 0 Å². The third-order valence-corrected chi connectivity index (χ3v) is 4.60. The van der Waals surface area contributed by atoms with E-state index in [9.17, 15) is 14.7 Å². The molecule has 4 nitrogen and oxygen atoms in total. The molecule has 1 aliphatic rings. The molecule has 1 amide bonds. The first kappa shape index (κ1) is 17.0. The predicted molar refractivity (Wildman–Crippen MR) is 79.4 cm³/mol. The highest BCUT2D eigenvalue weighted by atomic mass is 16.4. The van der Waals surface area contributed by atoms with Crippen LogP contribution in [0.2, 0.25) is 0 Å². The van der Waals surface area contributed by atoms with E-state index in [4.69, 9.17) is 0 Å². The second-order valence-corrected chi connectivity index (χ2v) is 6.50. The normalized spacial score (nSPS) is 20.2. The van der Waals surface area contributed by atoms with Crippen molar-refractivity contribution < 1.29 is 14.7 Å². The molecule has 0 spiro atoms. The molecule has 1 rings (SSSR count). The van der Waals surface area contributed by atoms with Crippen LogP contribution in [0.1, 0.15) is 72.1 Å². The van der Waals surface area contributed by atoms with E-state index in [1.165, 1.54) is 0 Å². The minimum Gasteiger partial charge on any atom is -0.481 e. The summed E-state index contributed by atoms with van der Waals surface area (Å²) in [5, 5.41) is 12.6. The Balaban J connectivity index is 2.70. The topological polar surface area (TPSA) is 66.4 Å². The summed E-state index contributed by atoms with van der Waals surface area (Å²) in [4.78, 5) is 23.9. The third kappa shape index (κ3) is 4.50. The summed E-state index contributed by atoms with van der Waals surface area (Å²) < 4.78 is 0. The fourth-order valence-electron chi connectivity index (χ4n) is 3.18. The molecule has 0 aromatic heterocycles. The molecule has 116 valence electrons. The number of carbonyl (C=O) groups is 2. The largest absolute Gasteiger partial charge is 0.481 e. The van der Waals surface area contributed by atoms with Gasteiger partial charge in [0, 0.05) is 12.5 Å². The van der Waals surface area contributed by atoms with Gasteiger partial charge < -0.3 is 10.4 Å². The molecule has 2 N–H and O–H groups in total. The zero-order chi connectivity index (χ0) is 15.2. The van der Waals surface area contributed by atoms with Crippen molar-refractivity contribution in [3.63, 3.8) is 0 Å². The van der Waals surface area contributed by atoms with Crippen LogP contribution in [0.25, 0.3) is 0 Å². The molecule has 0 saturated heterocycles. The molecule has 1 saturated carbocycles. The fourth-order valence-corrected chi connectivity index (χ4v) is 3.18. The minimum absolute atomic E-state index is 0.102. The molecule has 1 fully saturated rings. The lowest BCUT2D eigenvalue weighted by molar-refractivity contribution is -0.153.